The molecule has 5 rings (SSSR count). The van der Waals surface area contributed by atoms with E-state index >= 15 is 0 Å². The molecule has 1 aromatic heterocycles. The molecule has 0 radical (unpaired) electrons. The fourth-order valence-corrected chi connectivity index (χ4v) is 7.15. The predicted molar refractivity (Wildman–Crippen MR) is 195 cm³/mol. The van der Waals surface area contributed by atoms with Crippen LogP contribution in [-0.4, -0.2) is 76.5 Å². The Morgan fingerprint density at radius 1 is 1.10 bits per heavy atom. The summed E-state index contributed by atoms with van der Waals surface area (Å²) in [6.45, 7) is 2.43. The summed E-state index contributed by atoms with van der Waals surface area (Å²) in [6.07, 6.45) is 12.3. The number of aliphatic hydroxyl groups is 2. The SMILES string of the molecule is CSNCCCN(CCCSc1ccc(Cl)c(COC2(c3cnccc3-c3ccccc3OC3CC3)CC2)c1)C(=O)C(O)CCCCO. The van der Waals surface area contributed by atoms with Crippen LogP contribution in [0.4, 0.5) is 0 Å². The van der Waals surface area contributed by atoms with Crippen molar-refractivity contribution in [2.45, 2.75) is 87.1 Å². The second-order valence-corrected chi connectivity index (χ2v) is 14.8. The molecule has 8 nitrogen and oxygen atoms in total. The van der Waals surface area contributed by atoms with Crippen LogP contribution in [0.5, 0.6) is 5.75 Å². The van der Waals surface area contributed by atoms with Crippen molar-refractivity contribution in [1.29, 1.82) is 0 Å². The Labute approximate surface area is 298 Å². The van der Waals surface area contributed by atoms with Gasteiger partial charge in [-0.1, -0.05) is 41.7 Å². The van der Waals surface area contributed by atoms with E-state index in [2.05, 4.69) is 27.9 Å². The number of ether oxygens (including phenoxy) is 2. The summed E-state index contributed by atoms with van der Waals surface area (Å²) >= 11 is 9.96. The second kappa shape index (κ2) is 18.6. The Morgan fingerprint density at radius 2 is 1.92 bits per heavy atom. The van der Waals surface area contributed by atoms with Gasteiger partial charge in [0.15, 0.2) is 0 Å². The Kier molecular flexibility index (Phi) is 14.3. The van der Waals surface area contributed by atoms with Gasteiger partial charge >= 0.3 is 0 Å². The smallest absolute Gasteiger partial charge is 0.251 e. The van der Waals surface area contributed by atoms with Crippen molar-refractivity contribution < 1.29 is 24.5 Å². The van der Waals surface area contributed by atoms with Crippen LogP contribution >= 0.6 is 35.3 Å². The van der Waals surface area contributed by atoms with Crippen LogP contribution in [0.2, 0.25) is 5.02 Å². The Morgan fingerprint density at radius 3 is 2.69 bits per heavy atom. The van der Waals surface area contributed by atoms with Gasteiger partial charge in [-0.05, 0) is 111 Å². The molecular formula is C37H48ClN3O5S2. The third kappa shape index (κ3) is 10.6. The molecule has 0 bridgehead atoms. The number of carbonyl (C=O) groups excluding carboxylic acids is 1. The van der Waals surface area contributed by atoms with E-state index in [4.69, 9.17) is 26.2 Å². The fourth-order valence-electron chi connectivity index (χ4n) is 5.73. The lowest BCUT2D eigenvalue weighted by molar-refractivity contribution is -0.140. The van der Waals surface area contributed by atoms with E-state index in [1.807, 2.05) is 49.0 Å². The van der Waals surface area contributed by atoms with Crippen LogP contribution in [0.1, 0.15) is 68.9 Å². The first kappa shape index (κ1) is 37.0. The maximum atomic E-state index is 13.0. The van der Waals surface area contributed by atoms with E-state index in [0.717, 1.165) is 83.7 Å². The number of rotatable bonds is 22. The zero-order valence-corrected chi connectivity index (χ0v) is 30.1. The van der Waals surface area contributed by atoms with Crippen molar-refractivity contribution in [2.24, 2.45) is 0 Å². The van der Waals surface area contributed by atoms with Gasteiger partial charge in [0.1, 0.15) is 11.9 Å². The van der Waals surface area contributed by atoms with Gasteiger partial charge < -0.3 is 24.6 Å². The summed E-state index contributed by atoms with van der Waals surface area (Å²) in [5, 5.41) is 20.2. The molecule has 3 N–H and O–H groups in total. The minimum Gasteiger partial charge on any atom is -0.490 e. The van der Waals surface area contributed by atoms with Gasteiger partial charge in [0.05, 0.1) is 18.3 Å². The molecule has 0 spiro atoms. The third-order valence-corrected chi connectivity index (χ3v) is 10.6. The highest BCUT2D eigenvalue weighted by Gasteiger charge is 2.47. The summed E-state index contributed by atoms with van der Waals surface area (Å²) in [4.78, 5) is 20.4. The van der Waals surface area contributed by atoms with Crippen LogP contribution in [-0.2, 0) is 21.7 Å². The van der Waals surface area contributed by atoms with Gasteiger partial charge in [-0.2, -0.15) is 0 Å². The molecule has 11 heteroatoms. The highest BCUT2D eigenvalue weighted by molar-refractivity contribution is 7.99. The molecule has 1 heterocycles. The molecule has 48 heavy (non-hydrogen) atoms. The zero-order valence-electron chi connectivity index (χ0n) is 27.7. The quantitative estimate of drug-likeness (QED) is 0.0565. The van der Waals surface area contributed by atoms with Crippen LogP contribution in [0.25, 0.3) is 11.1 Å². The van der Waals surface area contributed by atoms with E-state index in [-0.39, 0.29) is 12.5 Å². The Hall–Kier alpha value is -2.31. The standard InChI is InChI=1S/C37H48ClN3O5S2/c1-47-40-18-6-20-41(36(44)34(43)9-4-5-22-42)21-7-23-48-29-13-14-33(38)27(24-29)26-45-37(16-17-37)32-25-39-19-15-30(32)31-8-2-3-10-35(31)46-28-11-12-28/h2-3,8,10,13-15,19,24-25,28,34,40,42-43H,4-7,9,11-12,16-18,20-23,26H2,1H3. The van der Waals surface area contributed by atoms with Crippen LogP contribution in [0.3, 0.4) is 0 Å². The number of halogens is 1. The van der Waals surface area contributed by atoms with E-state index in [9.17, 15) is 9.90 Å². The van der Waals surface area contributed by atoms with Gasteiger partial charge in [-0.25, -0.2) is 0 Å². The largest absolute Gasteiger partial charge is 0.490 e. The number of carbonyl (C=O) groups is 1. The number of benzene rings is 2. The highest BCUT2D eigenvalue weighted by atomic mass is 35.5. The molecule has 1 amide bonds. The molecule has 2 saturated carbocycles. The molecule has 1 unspecified atom stereocenters. The summed E-state index contributed by atoms with van der Waals surface area (Å²) < 4.78 is 16.2. The molecule has 2 aliphatic carbocycles. The fraction of sp³-hybridized carbons (Fsp3) is 0.514. The van der Waals surface area contributed by atoms with E-state index in [1.54, 1.807) is 28.6 Å². The molecule has 0 aliphatic heterocycles. The van der Waals surface area contributed by atoms with Crippen LogP contribution in [0.15, 0.2) is 65.8 Å². The first-order valence-corrected chi connectivity index (χ1v) is 19.6. The van der Waals surface area contributed by atoms with Gasteiger partial charge in [0.25, 0.3) is 5.91 Å². The Balaban J connectivity index is 1.17. The van der Waals surface area contributed by atoms with Gasteiger partial charge in [0.2, 0.25) is 0 Å². The number of nitrogens with zero attached hydrogens (tertiary/aromatic N) is 2. The monoisotopic (exact) mass is 713 g/mol. The number of pyridine rings is 1. The number of para-hydroxylation sites is 1. The number of aromatic nitrogens is 1. The van der Waals surface area contributed by atoms with Crippen LogP contribution < -0.4 is 9.46 Å². The highest BCUT2D eigenvalue weighted by Crippen LogP contribution is 2.53. The predicted octanol–water partition coefficient (Wildman–Crippen LogP) is 7.24. The summed E-state index contributed by atoms with van der Waals surface area (Å²) in [6, 6.07) is 16.4. The first-order chi connectivity index (χ1) is 23.4. The van der Waals surface area contributed by atoms with Crippen molar-refractivity contribution in [1.82, 2.24) is 14.6 Å². The number of hydrogen-bond acceptors (Lipinski definition) is 9. The minimum absolute atomic E-state index is 0.0677. The number of thioether (sulfide) groups is 1. The lowest BCUT2D eigenvalue weighted by Crippen LogP contribution is -2.41. The summed E-state index contributed by atoms with van der Waals surface area (Å²) in [7, 11) is 0. The van der Waals surface area contributed by atoms with Crippen molar-refractivity contribution in [2.75, 3.05) is 38.2 Å². The molecule has 2 fully saturated rings. The van der Waals surface area contributed by atoms with E-state index < -0.39 is 11.7 Å². The minimum atomic E-state index is -1.03. The maximum Gasteiger partial charge on any atom is 0.251 e. The van der Waals surface area contributed by atoms with E-state index in [1.165, 1.54) is 0 Å². The molecule has 1 atom stereocenters. The summed E-state index contributed by atoms with van der Waals surface area (Å²) in [5.74, 6) is 1.50. The molecule has 3 aromatic rings. The van der Waals surface area contributed by atoms with Crippen LogP contribution in [0, 0.1) is 0 Å². The second-order valence-electron chi connectivity index (χ2n) is 12.5. The van der Waals surface area contributed by atoms with E-state index in [0.29, 0.717) is 50.1 Å². The topological polar surface area (TPSA) is 104 Å². The maximum absolute atomic E-state index is 13.0. The lowest BCUT2D eigenvalue weighted by Gasteiger charge is -2.25. The van der Waals surface area contributed by atoms with Gasteiger partial charge in [-0.3, -0.25) is 14.5 Å². The summed E-state index contributed by atoms with van der Waals surface area (Å²) in [5.41, 5.74) is 3.79. The zero-order chi connectivity index (χ0) is 33.8. The number of amides is 1. The van der Waals surface area contributed by atoms with Crippen molar-refractivity contribution in [3.05, 3.63) is 77.1 Å². The first-order valence-electron chi connectivity index (χ1n) is 17.0. The number of aliphatic hydroxyl groups excluding tert-OH is 2. The lowest BCUT2D eigenvalue weighted by atomic mass is 9.96. The number of hydrogen-bond donors (Lipinski definition) is 3. The van der Waals surface area contributed by atoms with Crippen molar-refractivity contribution in [3.8, 4) is 16.9 Å². The molecule has 2 aliphatic rings. The average Bonchev–Trinajstić information content (AvgIpc) is 4.05. The Bertz CT molecular complexity index is 1470. The molecule has 260 valence electrons. The van der Waals surface area contributed by atoms with Gasteiger partial charge in [-0.15, -0.1) is 11.8 Å². The van der Waals surface area contributed by atoms with Gasteiger partial charge in [0, 0.05) is 59.7 Å². The van der Waals surface area contributed by atoms with Crippen molar-refractivity contribution >= 4 is 41.2 Å². The number of unbranched alkanes of at least 4 members (excludes halogenated alkanes) is 1. The molecule has 2 aromatic carbocycles. The van der Waals surface area contributed by atoms with Crippen molar-refractivity contribution in [3.63, 3.8) is 0 Å². The average molecular weight is 714 g/mol. The third-order valence-electron chi connectivity index (χ3n) is 8.71. The molecular weight excluding hydrogens is 666 g/mol. The molecule has 0 saturated heterocycles. The normalized spacial score (nSPS) is 15.7. The number of nitrogens with one attached hydrogen (secondary N) is 1.